The molecule has 2 heterocycles. The van der Waals surface area contributed by atoms with Crippen LogP contribution in [0.2, 0.25) is 0 Å². The Bertz CT molecular complexity index is 1470. The molecule has 0 bridgehead atoms. The van der Waals surface area contributed by atoms with Crippen LogP contribution in [0.25, 0.3) is 44.3 Å². The van der Waals surface area contributed by atoms with Gasteiger partial charge in [-0.1, -0.05) is 47.6 Å². The number of pyridine rings is 1. The zero-order valence-corrected chi connectivity index (χ0v) is 17.3. The van der Waals surface area contributed by atoms with E-state index < -0.39 is 0 Å². The van der Waals surface area contributed by atoms with Gasteiger partial charge < -0.3 is 14.5 Å². The Hall–Kier alpha value is -4.12. The Balaban J connectivity index is 1.65. The SMILES string of the molecule is CN(C)c1ccc(-c2ccc3/c(=N/O)cc(-c4cc5ccccc5cn4)oc3c2)cc1. The third kappa shape index (κ3) is 3.51. The Morgan fingerprint density at radius 1 is 0.839 bits per heavy atom. The smallest absolute Gasteiger partial charge is 0.155 e. The lowest BCUT2D eigenvalue weighted by molar-refractivity contribution is 0.302. The zero-order valence-electron chi connectivity index (χ0n) is 17.3. The third-order valence-electron chi connectivity index (χ3n) is 5.45. The van der Waals surface area contributed by atoms with Crippen molar-refractivity contribution in [2.45, 2.75) is 0 Å². The molecule has 5 aromatic rings. The van der Waals surface area contributed by atoms with Crippen LogP contribution in [0.5, 0.6) is 0 Å². The second-order valence-electron chi connectivity index (χ2n) is 7.66. The van der Waals surface area contributed by atoms with Crippen LogP contribution in [0.15, 0.2) is 94.6 Å². The molecular formula is C26H21N3O2. The van der Waals surface area contributed by atoms with E-state index in [0.717, 1.165) is 33.0 Å². The Morgan fingerprint density at radius 2 is 1.58 bits per heavy atom. The van der Waals surface area contributed by atoms with E-state index in [-0.39, 0.29) is 0 Å². The van der Waals surface area contributed by atoms with E-state index in [0.29, 0.717) is 22.4 Å². The maximum absolute atomic E-state index is 9.61. The lowest BCUT2D eigenvalue weighted by atomic mass is 10.0. The molecule has 5 heteroatoms. The Morgan fingerprint density at radius 3 is 2.32 bits per heavy atom. The fourth-order valence-electron chi connectivity index (χ4n) is 3.73. The van der Waals surface area contributed by atoms with Crippen molar-refractivity contribution in [1.29, 1.82) is 0 Å². The Labute approximate surface area is 179 Å². The van der Waals surface area contributed by atoms with E-state index >= 15 is 0 Å². The van der Waals surface area contributed by atoms with Crippen LogP contribution in [-0.4, -0.2) is 24.3 Å². The number of anilines is 1. The molecule has 0 fully saturated rings. The van der Waals surface area contributed by atoms with Gasteiger partial charge in [-0.05, 0) is 46.8 Å². The van der Waals surface area contributed by atoms with Gasteiger partial charge in [-0.3, -0.25) is 4.98 Å². The highest BCUT2D eigenvalue weighted by molar-refractivity contribution is 5.86. The number of benzene rings is 3. The van der Waals surface area contributed by atoms with Crippen molar-refractivity contribution in [3.05, 3.63) is 90.4 Å². The van der Waals surface area contributed by atoms with Gasteiger partial charge in [-0.25, -0.2) is 0 Å². The van der Waals surface area contributed by atoms with Crippen LogP contribution >= 0.6 is 0 Å². The molecule has 152 valence electrons. The third-order valence-corrected chi connectivity index (χ3v) is 5.45. The van der Waals surface area contributed by atoms with Crippen molar-refractivity contribution in [2.24, 2.45) is 5.16 Å². The van der Waals surface area contributed by atoms with E-state index in [1.807, 2.05) is 68.8 Å². The molecule has 0 aliphatic heterocycles. The first-order valence-corrected chi connectivity index (χ1v) is 10.0. The summed E-state index contributed by atoms with van der Waals surface area (Å²) in [6.07, 6.45) is 1.82. The van der Waals surface area contributed by atoms with Crippen LogP contribution in [0.4, 0.5) is 5.69 Å². The van der Waals surface area contributed by atoms with E-state index in [1.54, 1.807) is 6.07 Å². The van der Waals surface area contributed by atoms with Crippen molar-refractivity contribution in [1.82, 2.24) is 4.98 Å². The Kier molecular flexibility index (Phi) is 4.64. The monoisotopic (exact) mass is 407 g/mol. The number of hydrogen-bond acceptors (Lipinski definition) is 5. The molecule has 2 aromatic heterocycles. The molecule has 0 amide bonds. The predicted molar refractivity (Wildman–Crippen MR) is 124 cm³/mol. The van der Waals surface area contributed by atoms with Crippen LogP contribution in [0.3, 0.4) is 0 Å². The molecule has 3 aromatic carbocycles. The molecule has 0 aliphatic rings. The van der Waals surface area contributed by atoms with Crippen molar-refractivity contribution >= 4 is 27.4 Å². The fourth-order valence-corrected chi connectivity index (χ4v) is 3.73. The number of hydrogen-bond donors (Lipinski definition) is 1. The number of fused-ring (bicyclic) bond motifs is 2. The number of rotatable bonds is 3. The van der Waals surface area contributed by atoms with Gasteiger partial charge in [0.2, 0.25) is 0 Å². The summed E-state index contributed by atoms with van der Waals surface area (Å²) in [6, 6.07) is 26.0. The minimum Gasteiger partial charge on any atom is -0.454 e. The summed E-state index contributed by atoms with van der Waals surface area (Å²) in [4.78, 5) is 6.61. The van der Waals surface area contributed by atoms with Crippen LogP contribution in [-0.2, 0) is 0 Å². The average Bonchev–Trinajstić information content (AvgIpc) is 2.82. The van der Waals surface area contributed by atoms with E-state index in [1.165, 1.54) is 0 Å². The largest absolute Gasteiger partial charge is 0.454 e. The molecule has 1 N–H and O–H groups in total. The van der Waals surface area contributed by atoms with Crippen LogP contribution < -0.4 is 10.3 Å². The predicted octanol–water partition coefficient (Wildman–Crippen LogP) is 5.67. The molecule has 0 spiro atoms. The van der Waals surface area contributed by atoms with Crippen molar-refractivity contribution in [3.8, 4) is 22.6 Å². The van der Waals surface area contributed by atoms with Gasteiger partial charge in [0.15, 0.2) is 5.76 Å². The van der Waals surface area contributed by atoms with E-state index in [4.69, 9.17) is 4.42 Å². The van der Waals surface area contributed by atoms with E-state index in [2.05, 4.69) is 39.3 Å². The van der Waals surface area contributed by atoms with Gasteiger partial charge in [-0.15, -0.1) is 0 Å². The van der Waals surface area contributed by atoms with Crippen molar-refractivity contribution in [2.75, 3.05) is 19.0 Å². The van der Waals surface area contributed by atoms with Crippen molar-refractivity contribution < 1.29 is 9.62 Å². The fraction of sp³-hybridized carbons (Fsp3) is 0.0769. The summed E-state index contributed by atoms with van der Waals surface area (Å²) in [7, 11) is 4.04. The molecule has 5 nitrogen and oxygen atoms in total. The van der Waals surface area contributed by atoms with Gasteiger partial charge in [0.05, 0.1) is 0 Å². The minimum absolute atomic E-state index is 0.445. The topological polar surface area (TPSA) is 61.9 Å². The lowest BCUT2D eigenvalue weighted by Crippen LogP contribution is -2.07. The highest BCUT2D eigenvalue weighted by atomic mass is 16.4. The number of aromatic nitrogens is 1. The molecule has 5 rings (SSSR count). The molecule has 0 unspecified atom stereocenters. The van der Waals surface area contributed by atoms with Gasteiger partial charge in [0.25, 0.3) is 0 Å². The number of nitrogens with zero attached hydrogens (tertiary/aromatic N) is 3. The second kappa shape index (κ2) is 7.61. The molecule has 0 atom stereocenters. The van der Waals surface area contributed by atoms with Crippen LogP contribution in [0, 0.1) is 0 Å². The first-order valence-electron chi connectivity index (χ1n) is 10.0. The highest BCUT2D eigenvalue weighted by Gasteiger charge is 2.10. The van der Waals surface area contributed by atoms with Gasteiger partial charge in [0.1, 0.15) is 16.6 Å². The van der Waals surface area contributed by atoms with Gasteiger partial charge in [0, 0.05) is 42.8 Å². The normalized spacial score (nSPS) is 11.9. The summed E-state index contributed by atoms with van der Waals surface area (Å²) in [5, 5.41) is 16.4. The molecular weight excluding hydrogens is 386 g/mol. The average molecular weight is 407 g/mol. The maximum atomic E-state index is 9.61. The second-order valence-corrected chi connectivity index (χ2v) is 7.66. The van der Waals surface area contributed by atoms with E-state index in [9.17, 15) is 5.21 Å². The van der Waals surface area contributed by atoms with Crippen molar-refractivity contribution in [3.63, 3.8) is 0 Å². The molecule has 0 aliphatic carbocycles. The van der Waals surface area contributed by atoms with Crippen LogP contribution in [0.1, 0.15) is 0 Å². The van der Waals surface area contributed by atoms with Gasteiger partial charge in [-0.2, -0.15) is 0 Å². The van der Waals surface area contributed by atoms with Gasteiger partial charge >= 0.3 is 0 Å². The standard InChI is InChI=1S/C26H21N3O2/c1-29(2)21-10-7-17(8-11-21)19-9-12-22-23(28-30)15-26(31-25(22)14-19)24-13-18-5-3-4-6-20(18)16-27-24/h3-16,30H,1-2H3/b28-23+. The zero-order chi connectivity index (χ0) is 21.4. The molecule has 0 saturated heterocycles. The highest BCUT2D eigenvalue weighted by Crippen LogP contribution is 2.28. The summed E-state index contributed by atoms with van der Waals surface area (Å²) in [6.45, 7) is 0. The molecule has 0 radical (unpaired) electrons. The first-order chi connectivity index (χ1) is 15.1. The summed E-state index contributed by atoms with van der Waals surface area (Å²) < 4.78 is 6.22. The minimum atomic E-state index is 0.445. The summed E-state index contributed by atoms with van der Waals surface area (Å²) in [5.41, 5.74) is 4.56. The molecule has 0 saturated carbocycles. The first kappa shape index (κ1) is 18.9. The molecule has 31 heavy (non-hydrogen) atoms. The summed E-state index contributed by atoms with van der Waals surface area (Å²) in [5.74, 6) is 0.547. The quantitative estimate of drug-likeness (QED) is 0.309. The lowest BCUT2D eigenvalue weighted by Gasteiger charge is -2.13. The summed E-state index contributed by atoms with van der Waals surface area (Å²) >= 11 is 0. The maximum Gasteiger partial charge on any atom is 0.155 e.